The Morgan fingerprint density at radius 2 is 2.31 bits per heavy atom. The van der Waals surface area contributed by atoms with Crippen molar-refractivity contribution in [3.63, 3.8) is 0 Å². The van der Waals surface area contributed by atoms with E-state index in [1.54, 1.807) is 0 Å². The fourth-order valence-electron chi connectivity index (χ4n) is 1.44. The van der Waals surface area contributed by atoms with Crippen molar-refractivity contribution in [1.82, 2.24) is 10.2 Å². The minimum atomic E-state index is -0.471. The van der Waals surface area contributed by atoms with Gasteiger partial charge in [0.1, 0.15) is 0 Å². The number of aromatic amines is 1. The smallest absolute Gasteiger partial charge is 0.242 e. The highest BCUT2D eigenvalue weighted by Crippen LogP contribution is 2.08. The highest BCUT2D eigenvalue weighted by Gasteiger charge is 2.15. The zero-order valence-electron chi connectivity index (χ0n) is 10.1. The number of rotatable bonds is 5. The van der Waals surface area contributed by atoms with Crippen LogP contribution in [0.5, 0.6) is 0 Å². The van der Waals surface area contributed by atoms with E-state index in [0.29, 0.717) is 18.2 Å². The number of hydrogen-bond acceptors (Lipinski definition) is 3. The molecule has 0 radical (unpaired) electrons. The van der Waals surface area contributed by atoms with E-state index in [1.807, 2.05) is 26.8 Å². The third-order valence-electron chi connectivity index (χ3n) is 2.33. The summed E-state index contributed by atoms with van der Waals surface area (Å²) in [5.74, 6) is 0.773. The molecule has 1 aromatic heterocycles. The second kappa shape index (κ2) is 5.65. The molecule has 0 aliphatic carbocycles. The molecule has 0 saturated heterocycles. The highest BCUT2D eigenvalue weighted by atomic mass is 16.2. The van der Waals surface area contributed by atoms with E-state index in [0.717, 1.165) is 12.1 Å². The molecule has 1 heterocycles. The summed E-state index contributed by atoms with van der Waals surface area (Å²) in [5.41, 5.74) is 6.75. The zero-order valence-corrected chi connectivity index (χ0v) is 10.1. The summed E-state index contributed by atoms with van der Waals surface area (Å²) in [6, 6.07) is 1.35. The lowest BCUT2D eigenvalue weighted by atomic mass is 10.0. The standard InChI is InChI=1S/C11H20N4O/c1-4-8-6-10(15-14-8)13-11(16)9(12)5-7(2)3/h6-7,9H,4-5,12H2,1-3H3,(H2,13,14,15,16)/t9-/m0/s1. The molecule has 0 spiro atoms. The van der Waals surface area contributed by atoms with Gasteiger partial charge in [-0.2, -0.15) is 5.10 Å². The minimum Gasteiger partial charge on any atom is -0.320 e. The van der Waals surface area contributed by atoms with Crippen LogP contribution in [0.2, 0.25) is 0 Å². The molecule has 0 saturated carbocycles. The lowest BCUT2D eigenvalue weighted by Gasteiger charge is -2.12. The van der Waals surface area contributed by atoms with Crippen LogP contribution in [0.15, 0.2) is 6.07 Å². The third kappa shape index (κ3) is 3.66. The molecule has 5 heteroatoms. The van der Waals surface area contributed by atoms with Gasteiger partial charge in [-0.25, -0.2) is 0 Å². The molecule has 0 aliphatic heterocycles. The van der Waals surface area contributed by atoms with Crippen LogP contribution in [-0.2, 0) is 11.2 Å². The van der Waals surface area contributed by atoms with Gasteiger partial charge in [-0.05, 0) is 18.8 Å². The number of hydrogen-bond donors (Lipinski definition) is 3. The maximum absolute atomic E-state index is 11.7. The number of H-pyrrole nitrogens is 1. The topological polar surface area (TPSA) is 83.8 Å². The van der Waals surface area contributed by atoms with Crippen molar-refractivity contribution in [3.05, 3.63) is 11.8 Å². The van der Waals surface area contributed by atoms with Gasteiger partial charge in [-0.15, -0.1) is 0 Å². The minimum absolute atomic E-state index is 0.178. The molecule has 0 aliphatic rings. The second-order valence-electron chi connectivity index (χ2n) is 4.36. The number of anilines is 1. The normalized spacial score (nSPS) is 12.8. The Kier molecular flexibility index (Phi) is 4.49. The van der Waals surface area contributed by atoms with E-state index in [2.05, 4.69) is 15.5 Å². The van der Waals surface area contributed by atoms with Crippen molar-refractivity contribution in [3.8, 4) is 0 Å². The lowest BCUT2D eigenvalue weighted by molar-refractivity contribution is -0.117. The van der Waals surface area contributed by atoms with Crippen LogP contribution in [0.4, 0.5) is 5.82 Å². The van der Waals surface area contributed by atoms with Crippen LogP contribution in [0, 0.1) is 5.92 Å². The first-order valence-electron chi connectivity index (χ1n) is 5.63. The van der Waals surface area contributed by atoms with Crippen LogP contribution < -0.4 is 11.1 Å². The van der Waals surface area contributed by atoms with Gasteiger partial charge in [-0.3, -0.25) is 9.89 Å². The number of carbonyl (C=O) groups is 1. The van der Waals surface area contributed by atoms with Crippen LogP contribution in [-0.4, -0.2) is 22.1 Å². The Hall–Kier alpha value is -1.36. The molecule has 0 unspecified atom stereocenters. The Morgan fingerprint density at radius 3 is 2.81 bits per heavy atom. The van der Waals surface area contributed by atoms with Crippen molar-refractivity contribution in [2.45, 2.75) is 39.7 Å². The van der Waals surface area contributed by atoms with E-state index in [1.165, 1.54) is 0 Å². The van der Waals surface area contributed by atoms with Gasteiger partial charge in [0.05, 0.1) is 6.04 Å². The Morgan fingerprint density at radius 1 is 1.62 bits per heavy atom. The van der Waals surface area contributed by atoms with Gasteiger partial charge < -0.3 is 11.1 Å². The fourth-order valence-corrected chi connectivity index (χ4v) is 1.44. The molecule has 1 amide bonds. The van der Waals surface area contributed by atoms with E-state index < -0.39 is 6.04 Å². The van der Waals surface area contributed by atoms with Gasteiger partial charge >= 0.3 is 0 Å². The Labute approximate surface area is 95.8 Å². The van der Waals surface area contributed by atoms with Crippen LogP contribution in [0.1, 0.15) is 32.9 Å². The summed E-state index contributed by atoms with van der Waals surface area (Å²) in [6.07, 6.45) is 1.54. The van der Waals surface area contributed by atoms with E-state index in [9.17, 15) is 4.79 Å². The van der Waals surface area contributed by atoms with Crippen molar-refractivity contribution < 1.29 is 4.79 Å². The SMILES string of the molecule is CCc1cc(NC(=O)[C@@H](N)CC(C)C)n[nH]1. The second-order valence-corrected chi connectivity index (χ2v) is 4.36. The molecule has 0 fully saturated rings. The number of aromatic nitrogens is 2. The molecule has 90 valence electrons. The number of carbonyl (C=O) groups excluding carboxylic acids is 1. The molecule has 1 aromatic rings. The average molecular weight is 224 g/mol. The van der Waals surface area contributed by atoms with Gasteiger partial charge in [0.2, 0.25) is 5.91 Å². The number of nitrogens with zero attached hydrogens (tertiary/aromatic N) is 1. The summed E-state index contributed by atoms with van der Waals surface area (Å²) in [5, 5.41) is 9.51. The lowest BCUT2D eigenvalue weighted by Crippen LogP contribution is -2.36. The predicted molar refractivity (Wildman–Crippen MR) is 64.0 cm³/mol. The number of amides is 1. The van der Waals surface area contributed by atoms with E-state index in [4.69, 9.17) is 5.73 Å². The van der Waals surface area contributed by atoms with Gasteiger partial charge in [0.25, 0.3) is 0 Å². The van der Waals surface area contributed by atoms with Crippen molar-refractivity contribution >= 4 is 11.7 Å². The Balaban J connectivity index is 2.50. The molecule has 5 nitrogen and oxygen atoms in total. The summed E-state index contributed by atoms with van der Waals surface area (Å²) in [4.78, 5) is 11.7. The number of aryl methyl sites for hydroxylation is 1. The average Bonchev–Trinajstić information content (AvgIpc) is 2.64. The van der Waals surface area contributed by atoms with Crippen molar-refractivity contribution in [1.29, 1.82) is 0 Å². The van der Waals surface area contributed by atoms with Gasteiger partial charge in [-0.1, -0.05) is 20.8 Å². The maximum Gasteiger partial charge on any atom is 0.242 e. The first-order chi connectivity index (χ1) is 7.52. The largest absolute Gasteiger partial charge is 0.320 e. The molecule has 4 N–H and O–H groups in total. The number of nitrogens with two attached hydrogens (primary N) is 1. The molecular formula is C11H20N4O. The quantitative estimate of drug-likeness (QED) is 0.704. The van der Waals surface area contributed by atoms with Gasteiger partial charge in [0.15, 0.2) is 5.82 Å². The fraction of sp³-hybridized carbons (Fsp3) is 0.636. The maximum atomic E-state index is 11.7. The summed E-state index contributed by atoms with van der Waals surface area (Å²) in [7, 11) is 0. The first-order valence-corrected chi connectivity index (χ1v) is 5.63. The third-order valence-corrected chi connectivity index (χ3v) is 2.33. The van der Waals surface area contributed by atoms with E-state index in [-0.39, 0.29) is 5.91 Å². The van der Waals surface area contributed by atoms with Crippen molar-refractivity contribution in [2.75, 3.05) is 5.32 Å². The Bertz CT molecular complexity index is 346. The highest BCUT2D eigenvalue weighted by molar-refractivity contribution is 5.93. The van der Waals surface area contributed by atoms with Crippen LogP contribution >= 0.6 is 0 Å². The zero-order chi connectivity index (χ0) is 12.1. The monoisotopic (exact) mass is 224 g/mol. The molecule has 16 heavy (non-hydrogen) atoms. The summed E-state index contributed by atoms with van der Waals surface area (Å²) < 4.78 is 0. The van der Waals surface area contributed by atoms with E-state index >= 15 is 0 Å². The van der Waals surface area contributed by atoms with Gasteiger partial charge in [0, 0.05) is 11.8 Å². The van der Waals surface area contributed by atoms with Crippen LogP contribution in [0.25, 0.3) is 0 Å². The molecule has 0 aromatic carbocycles. The molecule has 1 rings (SSSR count). The van der Waals surface area contributed by atoms with Crippen molar-refractivity contribution in [2.24, 2.45) is 11.7 Å². The van der Waals surface area contributed by atoms with Crippen LogP contribution in [0.3, 0.4) is 0 Å². The number of nitrogens with one attached hydrogen (secondary N) is 2. The molecular weight excluding hydrogens is 204 g/mol. The molecule has 0 bridgehead atoms. The summed E-state index contributed by atoms with van der Waals surface area (Å²) in [6.45, 7) is 6.09. The molecule has 1 atom stereocenters. The predicted octanol–water partition coefficient (Wildman–Crippen LogP) is 1.28. The first kappa shape index (κ1) is 12.7. The summed E-state index contributed by atoms with van der Waals surface area (Å²) >= 11 is 0.